The molecule has 0 aliphatic rings. The van der Waals surface area contributed by atoms with Crippen molar-refractivity contribution in [2.45, 2.75) is 33.4 Å². The van der Waals surface area contributed by atoms with E-state index in [4.69, 9.17) is 0 Å². The monoisotopic (exact) mass is 293 g/mol. The van der Waals surface area contributed by atoms with Crippen LogP contribution < -0.4 is 5.32 Å². The fourth-order valence-electron chi connectivity index (χ4n) is 2.10. The van der Waals surface area contributed by atoms with Gasteiger partial charge in [-0.25, -0.2) is 4.98 Å². The molecule has 0 saturated carbocycles. The van der Waals surface area contributed by atoms with Crippen molar-refractivity contribution in [2.24, 2.45) is 0 Å². The molecule has 1 unspecified atom stereocenters. The second-order valence-corrected chi connectivity index (χ2v) is 5.52. The Morgan fingerprint density at radius 3 is 2.85 bits per heavy atom. The zero-order valence-electron chi connectivity index (χ0n) is 12.4. The standard InChI is InChI=1S/C14H23N5S/c1-4-18(5-2)6-7-19-9-13(8-16-19)17-12(3)14-10-20-11-15-14/h8-12,17H,4-7H2,1-3H3. The van der Waals surface area contributed by atoms with Gasteiger partial charge in [-0.1, -0.05) is 13.8 Å². The molecule has 6 heteroatoms. The third-order valence-corrected chi connectivity index (χ3v) is 4.06. The highest BCUT2D eigenvalue weighted by Crippen LogP contribution is 2.18. The number of nitrogens with zero attached hydrogens (tertiary/aromatic N) is 4. The molecule has 2 aromatic heterocycles. The van der Waals surface area contributed by atoms with Crippen LogP contribution in [-0.4, -0.2) is 39.3 Å². The number of anilines is 1. The van der Waals surface area contributed by atoms with Gasteiger partial charge in [0.1, 0.15) is 0 Å². The van der Waals surface area contributed by atoms with Crippen LogP contribution >= 0.6 is 11.3 Å². The molecule has 5 nitrogen and oxygen atoms in total. The van der Waals surface area contributed by atoms with Gasteiger partial charge >= 0.3 is 0 Å². The van der Waals surface area contributed by atoms with E-state index in [0.29, 0.717) is 0 Å². The molecule has 2 aromatic rings. The van der Waals surface area contributed by atoms with Crippen LogP contribution in [0.5, 0.6) is 0 Å². The summed E-state index contributed by atoms with van der Waals surface area (Å²) in [7, 11) is 0. The Kier molecular flexibility index (Phi) is 5.55. The second-order valence-electron chi connectivity index (χ2n) is 4.80. The van der Waals surface area contributed by atoms with E-state index >= 15 is 0 Å². The molecule has 0 saturated heterocycles. The summed E-state index contributed by atoms with van der Waals surface area (Å²) < 4.78 is 1.99. The third-order valence-electron chi connectivity index (χ3n) is 3.45. The van der Waals surface area contributed by atoms with Crippen molar-refractivity contribution in [3.8, 4) is 0 Å². The van der Waals surface area contributed by atoms with Crippen molar-refractivity contribution in [2.75, 3.05) is 25.0 Å². The van der Waals surface area contributed by atoms with Gasteiger partial charge in [0.05, 0.1) is 35.7 Å². The van der Waals surface area contributed by atoms with Gasteiger partial charge in [0, 0.05) is 18.1 Å². The van der Waals surface area contributed by atoms with Gasteiger partial charge < -0.3 is 10.2 Å². The number of aromatic nitrogens is 3. The minimum Gasteiger partial charge on any atom is -0.374 e. The first-order valence-corrected chi connectivity index (χ1v) is 8.06. The molecule has 110 valence electrons. The normalized spacial score (nSPS) is 12.8. The van der Waals surface area contributed by atoms with E-state index in [2.05, 4.69) is 52.6 Å². The number of nitrogens with one attached hydrogen (secondary N) is 1. The second kappa shape index (κ2) is 7.40. The number of hydrogen-bond acceptors (Lipinski definition) is 5. The molecule has 2 heterocycles. The van der Waals surface area contributed by atoms with Crippen molar-refractivity contribution >= 4 is 17.0 Å². The van der Waals surface area contributed by atoms with E-state index in [1.807, 2.05) is 16.4 Å². The van der Waals surface area contributed by atoms with Gasteiger partial charge in [0.15, 0.2) is 0 Å². The van der Waals surface area contributed by atoms with Gasteiger partial charge in [-0.3, -0.25) is 4.68 Å². The van der Waals surface area contributed by atoms with Gasteiger partial charge in [-0.15, -0.1) is 11.3 Å². The fraction of sp³-hybridized carbons (Fsp3) is 0.571. The van der Waals surface area contributed by atoms with E-state index in [1.54, 1.807) is 11.3 Å². The van der Waals surface area contributed by atoms with Gasteiger partial charge in [0.2, 0.25) is 0 Å². The average molecular weight is 293 g/mol. The summed E-state index contributed by atoms with van der Waals surface area (Å²) in [5.41, 5.74) is 3.98. The minimum atomic E-state index is 0.210. The molecule has 0 radical (unpaired) electrons. The molecule has 1 atom stereocenters. The summed E-state index contributed by atoms with van der Waals surface area (Å²) in [6.45, 7) is 10.6. The highest BCUT2D eigenvalue weighted by atomic mass is 32.1. The molecule has 1 N–H and O–H groups in total. The summed E-state index contributed by atoms with van der Waals surface area (Å²) in [5.74, 6) is 0. The smallest absolute Gasteiger partial charge is 0.0795 e. The zero-order valence-corrected chi connectivity index (χ0v) is 13.2. The van der Waals surface area contributed by atoms with Gasteiger partial charge in [-0.2, -0.15) is 5.10 Å². The van der Waals surface area contributed by atoms with E-state index in [0.717, 1.165) is 37.6 Å². The van der Waals surface area contributed by atoms with Crippen LogP contribution in [0.1, 0.15) is 32.5 Å². The molecule has 2 rings (SSSR count). The Morgan fingerprint density at radius 2 is 2.20 bits per heavy atom. The van der Waals surface area contributed by atoms with Crippen LogP contribution in [-0.2, 0) is 6.54 Å². The van der Waals surface area contributed by atoms with Crippen LogP contribution in [0.2, 0.25) is 0 Å². The van der Waals surface area contributed by atoms with Gasteiger partial charge in [0.25, 0.3) is 0 Å². The SMILES string of the molecule is CCN(CC)CCn1cc(NC(C)c2cscn2)cn1. The lowest BCUT2D eigenvalue weighted by molar-refractivity contribution is 0.285. The summed E-state index contributed by atoms with van der Waals surface area (Å²) in [6, 6.07) is 0.210. The fourth-order valence-corrected chi connectivity index (χ4v) is 2.75. The van der Waals surface area contributed by atoms with Crippen molar-refractivity contribution in [3.63, 3.8) is 0 Å². The minimum absolute atomic E-state index is 0.210. The Balaban J connectivity index is 1.86. The molecule has 0 aliphatic heterocycles. The number of hydrogen-bond donors (Lipinski definition) is 1. The molecular weight excluding hydrogens is 270 g/mol. The maximum absolute atomic E-state index is 4.40. The molecular formula is C14H23N5S. The molecule has 20 heavy (non-hydrogen) atoms. The maximum Gasteiger partial charge on any atom is 0.0795 e. The predicted octanol–water partition coefficient (Wildman–Crippen LogP) is 2.85. The molecule has 0 amide bonds. The average Bonchev–Trinajstić information content (AvgIpc) is 3.11. The Hall–Kier alpha value is -1.40. The number of likely N-dealkylation sites (N-methyl/N-ethyl adjacent to an activating group) is 1. The van der Waals surface area contributed by atoms with Crippen molar-refractivity contribution < 1.29 is 0 Å². The topological polar surface area (TPSA) is 46.0 Å². The Morgan fingerprint density at radius 1 is 1.40 bits per heavy atom. The molecule has 0 fully saturated rings. The Labute approximate surface area is 124 Å². The Bertz CT molecular complexity index is 489. The molecule has 0 aliphatic carbocycles. The van der Waals surface area contributed by atoms with Crippen LogP contribution in [0.15, 0.2) is 23.3 Å². The zero-order chi connectivity index (χ0) is 14.4. The summed E-state index contributed by atoms with van der Waals surface area (Å²) >= 11 is 1.62. The van der Waals surface area contributed by atoms with Crippen molar-refractivity contribution in [3.05, 3.63) is 29.0 Å². The van der Waals surface area contributed by atoms with E-state index in [9.17, 15) is 0 Å². The summed E-state index contributed by atoms with van der Waals surface area (Å²) in [6.07, 6.45) is 3.94. The summed E-state index contributed by atoms with van der Waals surface area (Å²) in [4.78, 5) is 6.72. The number of rotatable bonds is 8. The molecule has 0 aromatic carbocycles. The molecule has 0 bridgehead atoms. The first kappa shape index (κ1) is 15.0. The van der Waals surface area contributed by atoms with Crippen LogP contribution in [0, 0.1) is 0 Å². The largest absolute Gasteiger partial charge is 0.374 e. The van der Waals surface area contributed by atoms with E-state index in [1.165, 1.54) is 0 Å². The van der Waals surface area contributed by atoms with Crippen LogP contribution in [0.25, 0.3) is 0 Å². The van der Waals surface area contributed by atoms with Crippen molar-refractivity contribution in [1.82, 2.24) is 19.7 Å². The lowest BCUT2D eigenvalue weighted by Crippen LogP contribution is -2.27. The van der Waals surface area contributed by atoms with Crippen molar-refractivity contribution in [1.29, 1.82) is 0 Å². The highest BCUT2D eigenvalue weighted by molar-refractivity contribution is 7.07. The quantitative estimate of drug-likeness (QED) is 0.813. The highest BCUT2D eigenvalue weighted by Gasteiger charge is 2.08. The van der Waals surface area contributed by atoms with Crippen LogP contribution in [0.4, 0.5) is 5.69 Å². The van der Waals surface area contributed by atoms with Crippen LogP contribution in [0.3, 0.4) is 0 Å². The number of thiazole rings is 1. The van der Waals surface area contributed by atoms with E-state index < -0.39 is 0 Å². The lowest BCUT2D eigenvalue weighted by Gasteiger charge is -2.17. The third kappa shape index (κ3) is 4.05. The first-order chi connectivity index (χ1) is 9.72. The predicted molar refractivity (Wildman–Crippen MR) is 84.2 cm³/mol. The van der Waals surface area contributed by atoms with Gasteiger partial charge in [-0.05, 0) is 20.0 Å². The first-order valence-electron chi connectivity index (χ1n) is 7.12. The lowest BCUT2D eigenvalue weighted by atomic mass is 10.2. The van der Waals surface area contributed by atoms with E-state index in [-0.39, 0.29) is 6.04 Å². The molecule has 0 spiro atoms. The summed E-state index contributed by atoms with van der Waals surface area (Å²) in [5, 5.41) is 9.90. The maximum atomic E-state index is 4.40.